The molecule has 0 unspecified atom stereocenters. The van der Waals surface area contributed by atoms with Gasteiger partial charge in [-0.05, 0) is 54.2 Å². The van der Waals surface area contributed by atoms with Gasteiger partial charge in [0.15, 0.2) is 0 Å². The summed E-state index contributed by atoms with van der Waals surface area (Å²) in [6.07, 6.45) is 3.84. The van der Waals surface area contributed by atoms with Gasteiger partial charge in [0.1, 0.15) is 17.0 Å². The second-order valence-corrected chi connectivity index (χ2v) is 11.6. The number of anilines is 1. The van der Waals surface area contributed by atoms with E-state index in [-0.39, 0.29) is 23.0 Å². The predicted octanol–water partition coefficient (Wildman–Crippen LogP) is 4.03. The Balaban J connectivity index is 1.64. The number of carbonyl (C=O) groups is 2. The Morgan fingerprint density at radius 3 is 2.54 bits per heavy atom. The largest absolute Gasteiger partial charge is 0.394 e. The van der Waals surface area contributed by atoms with Gasteiger partial charge >= 0.3 is 0 Å². The minimum Gasteiger partial charge on any atom is -0.394 e. The highest BCUT2D eigenvalue weighted by Gasteiger charge is 2.65. The van der Waals surface area contributed by atoms with Gasteiger partial charge in [-0.1, -0.05) is 55.0 Å². The minimum atomic E-state index is -1.41. The van der Waals surface area contributed by atoms with E-state index in [4.69, 9.17) is 28.3 Å². The molecule has 5 N–H and O–H groups in total. The van der Waals surface area contributed by atoms with Crippen molar-refractivity contribution in [2.45, 2.75) is 68.0 Å². The summed E-state index contributed by atoms with van der Waals surface area (Å²) in [7, 11) is 0. The highest BCUT2D eigenvalue weighted by atomic mass is 35.5. The number of carbonyl (C=O) groups excluding carboxylic acids is 2. The van der Waals surface area contributed by atoms with Gasteiger partial charge < -0.3 is 26.2 Å². The third-order valence-corrected chi connectivity index (χ3v) is 9.08. The molecule has 2 aromatic rings. The number of rotatable bonds is 8. The Morgan fingerprint density at radius 1 is 1.13 bits per heavy atom. The lowest BCUT2D eigenvalue weighted by Crippen LogP contribution is -2.49. The van der Waals surface area contributed by atoms with Crippen molar-refractivity contribution in [3.8, 4) is 0 Å². The zero-order chi connectivity index (χ0) is 27.9. The van der Waals surface area contributed by atoms with Gasteiger partial charge in [0.05, 0.1) is 28.8 Å². The van der Waals surface area contributed by atoms with Crippen LogP contribution in [0, 0.1) is 17.6 Å². The molecule has 2 aliphatic heterocycles. The summed E-state index contributed by atoms with van der Waals surface area (Å²) in [5.41, 5.74) is -0.190. The van der Waals surface area contributed by atoms with Gasteiger partial charge in [0.2, 0.25) is 11.8 Å². The molecule has 0 radical (unpaired) electrons. The molecule has 3 aliphatic rings. The third-order valence-electron chi connectivity index (χ3n) is 8.50. The van der Waals surface area contributed by atoms with Crippen molar-refractivity contribution in [3.05, 3.63) is 63.1 Å². The molecule has 1 saturated heterocycles. The van der Waals surface area contributed by atoms with E-state index in [1.807, 2.05) is 0 Å². The first-order valence-corrected chi connectivity index (χ1v) is 14.0. The smallest absolute Gasteiger partial charge is 0.237 e. The zero-order valence-corrected chi connectivity index (χ0v) is 22.7. The summed E-state index contributed by atoms with van der Waals surface area (Å²) < 4.78 is 29.2. The molecule has 5 atom stereocenters. The summed E-state index contributed by atoms with van der Waals surface area (Å²) in [4.78, 5) is 27.8. The van der Waals surface area contributed by atoms with E-state index in [0.717, 1.165) is 25.7 Å². The van der Waals surface area contributed by atoms with Crippen molar-refractivity contribution < 1.29 is 28.6 Å². The molecule has 7 nitrogen and oxygen atoms in total. The first kappa shape index (κ1) is 28.2. The molecule has 2 amide bonds. The molecule has 2 aromatic carbocycles. The van der Waals surface area contributed by atoms with Crippen LogP contribution in [-0.2, 0) is 15.0 Å². The SMILES string of the molecule is O=C(NCC[C@H](O)CO)[C@@H]1N[C@H](CC2CCCC2)[C@]2(C(=O)Nc3cc(Cl)c(F)cc32)[C@H]1c1ccc(F)c(Cl)c1. The summed E-state index contributed by atoms with van der Waals surface area (Å²) in [6, 6.07) is 5.24. The summed E-state index contributed by atoms with van der Waals surface area (Å²) in [5, 5.41) is 27.6. The number of benzene rings is 2. The van der Waals surface area contributed by atoms with Crippen LogP contribution in [0.1, 0.15) is 55.6 Å². The van der Waals surface area contributed by atoms with Crippen LogP contribution in [-0.4, -0.2) is 53.4 Å². The van der Waals surface area contributed by atoms with Crippen LogP contribution in [0.15, 0.2) is 30.3 Å². The number of amides is 2. The monoisotopic (exact) mass is 581 g/mol. The number of halogens is 4. The van der Waals surface area contributed by atoms with Crippen molar-refractivity contribution in [1.82, 2.24) is 10.6 Å². The van der Waals surface area contributed by atoms with Crippen LogP contribution in [0.4, 0.5) is 14.5 Å². The van der Waals surface area contributed by atoms with Crippen LogP contribution in [0.5, 0.6) is 0 Å². The number of aliphatic hydroxyl groups excluding tert-OH is 2. The van der Waals surface area contributed by atoms with Crippen molar-refractivity contribution in [1.29, 1.82) is 0 Å². The van der Waals surface area contributed by atoms with Gasteiger partial charge in [-0.3, -0.25) is 9.59 Å². The van der Waals surface area contributed by atoms with Crippen LogP contribution in [0.2, 0.25) is 10.0 Å². The molecule has 210 valence electrons. The van der Waals surface area contributed by atoms with Crippen LogP contribution in [0.25, 0.3) is 0 Å². The van der Waals surface area contributed by atoms with E-state index in [0.29, 0.717) is 29.2 Å². The van der Waals surface area contributed by atoms with Crippen LogP contribution < -0.4 is 16.0 Å². The summed E-state index contributed by atoms with van der Waals surface area (Å²) in [5.74, 6) is -2.72. The van der Waals surface area contributed by atoms with Crippen molar-refractivity contribution in [3.63, 3.8) is 0 Å². The van der Waals surface area contributed by atoms with Gasteiger partial charge in [-0.15, -0.1) is 0 Å². The van der Waals surface area contributed by atoms with E-state index in [1.54, 1.807) is 0 Å². The lowest BCUT2D eigenvalue weighted by atomic mass is 9.63. The van der Waals surface area contributed by atoms with Gasteiger partial charge in [0, 0.05) is 24.2 Å². The number of aliphatic hydroxyl groups is 2. The van der Waals surface area contributed by atoms with Gasteiger partial charge in [0.25, 0.3) is 0 Å². The fourth-order valence-electron chi connectivity index (χ4n) is 6.70. The summed E-state index contributed by atoms with van der Waals surface area (Å²) in [6.45, 7) is -0.352. The average molecular weight is 582 g/mol. The predicted molar refractivity (Wildman–Crippen MR) is 144 cm³/mol. The average Bonchev–Trinajstić information content (AvgIpc) is 3.60. The maximum absolute atomic E-state index is 15.0. The first-order valence-electron chi connectivity index (χ1n) is 13.2. The standard InChI is InChI=1S/C28H31Cl2F2N3O4/c29-18-10-15(5-6-20(18)31)24-25(26(38)33-8-7-16(37)13-36)35-23(9-14-3-1-2-4-14)28(24)17-11-21(32)19(30)12-22(17)34-27(28)39/h5-6,10-12,14,16,23-25,35-37H,1-4,7-9,13H2,(H,33,38)(H,34,39)/t16-,23+,24-,25+,28-/m0/s1. The molecule has 11 heteroatoms. The Bertz CT molecular complexity index is 1280. The van der Waals surface area contributed by atoms with E-state index in [9.17, 15) is 23.5 Å². The number of hydrogen-bond donors (Lipinski definition) is 5. The first-order chi connectivity index (χ1) is 18.7. The number of fused-ring (bicyclic) bond motifs is 2. The van der Waals surface area contributed by atoms with E-state index in [2.05, 4.69) is 16.0 Å². The molecule has 2 fully saturated rings. The van der Waals surface area contributed by atoms with E-state index in [1.165, 1.54) is 30.3 Å². The quantitative estimate of drug-likeness (QED) is 0.323. The molecular formula is C28H31Cl2F2N3O4. The Morgan fingerprint density at radius 2 is 1.85 bits per heavy atom. The van der Waals surface area contributed by atoms with Crippen molar-refractivity contribution in [2.75, 3.05) is 18.5 Å². The zero-order valence-electron chi connectivity index (χ0n) is 21.2. The number of nitrogens with one attached hydrogen (secondary N) is 3. The molecule has 0 aromatic heterocycles. The highest BCUT2D eigenvalue weighted by Crippen LogP contribution is 2.57. The number of hydrogen-bond acceptors (Lipinski definition) is 5. The minimum absolute atomic E-state index is 0.0863. The van der Waals surface area contributed by atoms with Crippen molar-refractivity contribution >= 4 is 40.7 Å². The summed E-state index contributed by atoms with van der Waals surface area (Å²) >= 11 is 12.3. The van der Waals surface area contributed by atoms with E-state index >= 15 is 0 Å². The molecule has 2 heterocycles. The molecule has 0 bridgehead atoms. The lowest BCUT2D eigenvalue weighted by Gasteiger charge is -2.36. The Labute approximate surface area is 235 Å². The molecular weight excluding hydrogens is 551 g/mol. The second kappa shape index (κ2) is 11.3. The van der Waals surface area contributed by atoms with Crippen LogP contribution in [0.3, 0.4) is 0 Å². The normalized spacial score (nSPS) is 27.1. The van der Waals surface area contributed by atoms with E-state index < -0.39 is 59.6 Å². The maximum Gasteiger partial charge on any atom is 0.237 e. The molecule has 1 saturated carbocycles. The van der Waals surface area contributed by atoms with Gasteiger partial charge in [-0.2, -0.15) is 0 Å². The van der Waals surface area contributed by atoms with Crippen molar-refractivity contribution in [2.24, 2.45) is 5.92 Å². The third kappa shape index (κ3) is 5.04. The Hall–Kier alpha value is -2.30. The molecule has 1 spiro atoms. The fourth-order valence-corrected chi connectivity index (χ4v) is 7.06. The highest BCUT2D eigenvalue weighted by molar-refractivity contribution is 6.31. The molecule has 5 rings (SSSR count). The Kier molecular flexibility index (Phi) is 8.18. The second-order valence-electron chi connectivity index (χ2n) is 10.8. The molecule has 39 heavy (non-hydrogen) atoms. The van der Waals surface area contributed by atoms with Crippen LogP contribution >= 0.6 is 23.2 Å². The topological polar surface area (TPSA) is 111 Å². The fraction of sp³-hybridized carbons (Fsp3) is 0.500. The van der Waals surface area contributed by atoms with Gasteiger partial charge in [-0.25, -0.2) is 8.78 Å². The maximum atomic E-state index is 15.0. The molecule has 1 aliphatic carbocycles. The lowest BCUT2D eigenvalue weighted by molar-refractivity contribution is -0.124.